The van der Waals surface area contributed by atoms with Gasteiger partial charge in [0.25, 0.3) is 0 Å². The van der Waals surface area contributed by atoms with E-state index in [1.165, 1.54) is 26.7 Å². The fourth-order valence-corrected chi connectivity index (χ4v) is 11.6. The van der Waals surface area contributed by atoms with Gasteiger partial charge in [-0.1, -0.05) is 51.3 Å². The third kappa shape index (κ3) is 12.5. The van der Waals surface area contributed by atoms with Crippen molar-refractivity contribution in [3.05, 3.63) is 119 Å². The van der Waals surface area contributed by atoms with E-state index < -0.39 is 22.8 Å². The number of methoxy groups -OCH3 is 6. The van der Waals surface area contributed by atoms with E-state index >= 15 is 0 Å². The first-order valence-electron chi connectivity index (χ1n) is 25.2. The van der Waals surface area contributed by atoms with Crippen molar-refractivity contribution in [3.8, 4) is 46.0 Å². The van der Waals surface area contributed by atoms with Gasteiger partial charge in [-0.3, -0.25) is 0 Å². The molecule has 2 fully saturated rings. The molecule has 4 aromatic carbocycles. The second-order valence-electron chi connectivity index (χ2n) is 19.8. The van der Waals surface area contributed by atoms with Gasteiger partial charge in [0, 0.05) is 10.8 Å². The monoisotopic (exact) mass is 1040 g/mol. The molecule has 0 amide bonds. The summed E-state index contributed by atoms with van der Waals surface area (Å²) in [6, 6.07) is 16.9. The number of rotatable bonds is 26. The maximum atomic E-state index is 12.2. The normalized spacial score (nSPS) is 15.4. The summed E-state index contributed by atoms with van der Waals surface area (Å²) in [5, 5.41) is 0. The molecule has 16 nitrogen and oxygen atoms in total. The minimum atomic E-state index is -0.492. The van der Waals surface area contributed by atoms with E-state index in [0.717, 1.165) is 95.9 Å². The quantitative estimate of drug-likeness (QED) is 0.0146. The summed E-state index contributed by atoms with van der Waals surface area (Å²) in [7, 11) is 9.14. The molecule has 0 bridgehead atoms. The minimum Gasteiger partial charge on any atom is -0.493 e. The van der Waals surface area contributed by atoms with Crippen LogP contribution in [0.1, 0.15) is 110 Å². The van der Waals surface area contributed by atoms with Crippen LogP contribution in [0.3, 0.4) is 0 Å². The zero-order valence-corrected chi connectivity index (χ0v) is 45.9. The van der Waals surface area contributed by atoms with Crippen molar-refractivity contribution in [2.24, 2.45) is 17.3 Å². The molecule has 2 aliphatic rings. The van der Waals surface area contributed by atoms with Gasteiger partial charge >= 0.3 is 11.9 Å². The summed E-state index contributed by atoms with van der Waals surface area (Å²) in [5.74, 6) is 4.07. The topological polar surface area (TPSA) is 163 Å². The van der Waals surface area contributed by atoms with Crippen LogP contribution in [0.2, 0.25) is 0 Å². The van der Waals surface area contributed by atoms with Crippen molar-refractivity contribution >= 4 is 11.9 Å². The largest absolute Gasteiger partial charge is 0.493 e. The van der Waals surface area contributed by atoms with Crippen LogP contribution in [-0.4, -0.2) is 81.4 Å². The molecule has 0 radical (unpaired) electrons. The van der Waals surface area contributed by atoms with E-state index in [1.807, 2.05) is 39.8 Å². The molecule has 0 unspecified atom stereocenters. The molecule has 408 valence electrons. The molecule has 16 heteroatoms. The van der Waals surface area contributed by atoms with Crippen LogP contribution in [0.25, 0.3) is 0 Å². The number of benzene rings is 4. The molecule has 0 N–H and O–H groups in total. The number of esters is 2. The number of aryl methyl sites for hydroxylation is 4. The molecule has 75 heavy (non-hydrogen) atoms. The SMILES string of the molecule is C=COOCOc1c(C)cc(C2(c3cc(C)c(OCOOC=C)c(OC)c3)CCC(C(C)(C)C3CCC(c4cc(C)c(OCC(=O)OC)c(OC)c4)(c4cc(C)c(OCC(=O)OC)c(OC)c4)CC3)CC2)cc1OC. The fraction of sp³-hybridized carbons (Fsp3) is 0.492. The van der Waals surface area contributed by atoms with Gasteiger partial charge in [-0.25, -0.2) is 9.59 Å². The lowest BCUT2D eigenvalue weighted by Crippen LogP contribution is -2.43. The maximum Gasteiger partial charge on any atom is 0.343 e. The molecule has 0 heterocycles. The molecule has 2 saturated carbocycles. The molecule has 0 atom stereocenters. The van der Waals surface area contributed by atoms with Crippen LogP contribution in [-0.2, 0) is 49.4 Å². The highest BCUT2D eigenvalue weighted by Crippen LogP contribution is 2.59. The van der Waals surface area contributed by atoms with Crippen molar-refractivity contribution in [2.75, 3.05) is 69.5 Å². The highest BCUT2D eigenvalue weighted by molar-refractivity contribution is 5.72. The van der Waals surface area contributed by atoms with Crippen LogP contribution in [0, 0.1) is 44.9 Å². The number of carbonyl (C=O) groups is 2. The predicted octanol–water partition coefficient (Wildman–Crippen LogP) is 11.6. The van der Waals surface area contributed by atoms with Gasteiger partial charge in [0.05, 0.1) is 42.7 Å². The molecule has 0 aliphatic heterocycles. The second-order valence-corrected chi connectivity index (χ2v) is 19.8. The summed E-state index contributed by atoms with van der Waals surface area (Å²) < 4.78 is 57.7. The van der Waals surface area contributed by atoms with Crippen molar-refractivity contribution in [1.82, 2.24) is 0 Å². The molecular formula is C59H76O16. The first-order valence-corrected chi connectivity index (χ1v) is 25.2. The molecule has 6 rings (SSSR count). The second kappa shape index (κ2) is 25.6. The first kappa shape index (κ1) is 57.5. The Hall–Kier alpha value is -6.78. The van der Waals surface area contributed by atoms with Crippen LogP contribution in [0.5, 0.6) is 46.0 Å². The van der Waals surface area contributed by atoms with Gasteiger partial charge in [-0.05, 0) is 165 Å². The van der Waals surface area contributed by atoms with Crippen molar-refractivity contribution < 1.29 is 76.5 Å². The van der Waals surface area contributed by atoms with Crippen molar-refractivity contribution in [3.63, 3.8) is 0 Å². The van der Waals surface area contributed by atoms with Gasteiger partial charge in [-0.2, -0.15) is 0 Å². The van der Waals surface area contributed by atoms with E-state index in [9.17, 15) is 9.59 Å². The number of hydrogen-bond acceptors (Lipinski definition) is 16. The summed E-state index contributed by atoms with van der Waals surface area (Å²) in [4.78, 5) is 44.2. The van der Waals surface area contributed by atoms with Crippen LogP contribution in [0.4, 0.5) is 0 Å². The van der Waals surface area contributed by atoms with Crippen molar-refractivity contribution in [1.29, 1.82) is 0 Å². The van der Waals surface area contributed by atoms with E-state index in [2.05, 4.69) is 63.4 Å². The summed E-state index contributed by atoms with van der Waals surface area (Å²) in [6.07, 6.45) is 9.52. The standard InChI is InChI=1S/C59H76O16/c1-15-72-74-35-70-55-39(5)27-45(31-49(55)64-11)59(46-28-40(6)56(50(32-46)65-12)71-36-75-73-16-2)23-19-42(20-24-59)57(7,8)41-17-21-58(22-18-41,43-25-37(3)53(47(29-43)62-9)68-33-51(60)66-13)44-26-38(4)54(48(30-44)63-10)69-34-52(61)67-14/h15-16,25-32,41-42H,1-2,17-24,33-36H2,3-14H3. The van der Waals surface area contributed by atoms with Gasteiger partial charge in [0.1, 0.15) is 12.5 Å². The Balaban J connectivity index is 1.36. The summed E-state index contributed by atoms with van der Waals surface area (Å²) in [5.41, 5.74) is 6.76. The number of ether oxygens (including phenoxy) is 10. The Kier molecular flexibility index (Phi) is 19.7. The van der Waals surface area contributed by atoms with Crippen molar-refractivity contribution in [2.45, 2.75) is 104 Å². The maximum absolute atomic E-state index is 12.2. The Labute approximate surface area is 442 Å². The third-order valence-electron chi connectivity index (χ3n) is 15.7. The lowest BCUT2D eigenvalue weighted by Gasteiger charge is -2.52. The Morgan fingerprint density at radius 3 is 1.03 bits per heavy atom. The third-order valence-corrected chi connectivity index (χ3v) is 15.7. The predicted molar refractivity (Wildman–Crippen MR) is 281 cm³/mol. The van der Waals surface area contributed by atoms with Crippen LogP contribution >= 0.6 is 0 Å². The lowest BCUT2D eigenvalue weighted by molar-refractivity contribution is -0.282. The van der Waals surface area contributed by atoms with Crippen LogP contribution < -0.4 is 37.9 Å². The number of carbonyl (C=O) groups excluding carboxylic acids is 2. The van der Waals surface area contributed by atoms with Gasteiger partial charge in [0.2, 0.25) is 13.6 Å². The zero-order chi connectivity index (χ0) is 54.5. The molecule has 0 spiro atoms. The lowest BCUT2D eigenvalue weighted by atomic mass is 9.53. The average molecular weight is 1040 g/mol. The Bertz CT molecular complexity index is 2470. The Morgan fingerprint density at radius 1 is 0.493 bits per heavy atom. The molecule has 0 saturated heterocycles. The van der Waals surface area contributed by atoms with Gasteiger partial charge in [0.15, 0.2) is 59.2 Å². The van der Waals surface area contributed by atoms with E-state index in [4.69, 9.17) is 66.9 Å². The highest BCUT2D eigenvalue weighted by atomic mass is 17.2. The average Bonchev–Trinajstić information content (AvgIpc) is 3.42. The number of hydrogen-bond donors (Lipinski definition) is 0. The molecular weight excluding hydrogens is 965 g/mol. The van der Waals surface area contributed by atoms with Crippen LogP contribution in [0.15, 0.2) is 74.2 Å². The molecule has 2 aliphatic carbocycles. The minimum absolute atomic E-state index is 0.0473. The van der Waals surface area contributed by atoms with E-state index in [-0.39, 0.29) is 32.2 Å². The Morgan fingerprint density at radius 2 is 0.773 bits per heavy atom. The van der Waals surface area contributed by atoms with Gasteiger partial charge in [-0.15, -0.1) is 9.78 Å². The van der Waals surface area contributed by atoms with Gasteiger partial charge < -0.3 is 57.1 Å². The summed E-state index contributed by atoms with van der Waals surface area (Å²) in [6.45, 7) is 19.1. The smallest absolute Gasteiger partial charge is 0.343 e. The fourth-order valence-electron chi connectivity index (χ4n) is 11.6. The highest BCUT2D eigenvalue weighted by Gasteiger charge is 2.49. The molecule has 0 aromatic heterocycles. The summed E-state index contributed by atoms with van der Waals surface area (Å²) >= 11 is 0. The zero-order valence-electron chi connectivity index (χ0n) is 45.9. The van der Waals surface area contributed by atoms with E-state index in [0.29, 0.717) is 57.8 Å². The molecule has 4 aromatic rings. The first-order chi connectivity index (χ1) is 36.0. The van der Waals surface area contributed by atoms with E-state index in [1.54, 1.807) is 28.4 Å².